The first-order chi connectivity index (χ1) is 8.01. The first-order valence-electron chi connectivity index (χ1n) is 4.62. The minimum atomic E-state index is -4.68. The van der Waals surface area contributed by atoms with Gasteiger partial charge in [-0.1, -0.05) is 5.11 Å². The largest absolute Gasteiger partial charge is 0.573 e. The molecule has 1 rings (SSSR count). The van der Waals surface area contributed by atoms with Gasteiger partial charge in [0.15, 0.2) is 0 Å². The molecule has 0 atom stereocenters. The van der Waals surface area contributed by atoms with E-state index in [9.17, 15) is 13.2 Å². The van der Waals surface area contributed by atoms with Crippen molar-refractivity contribution in [1.29, 1.82) is 0 Å². The number of anilines is 1. The second-order valence-corrected chi connectivity index (χ2v) is 2.95. The molecule has 0 saturated heterocycles. The molecule has 0 aliphatic carbocycles. The quantitative estimate of drug-likeness (QED) is 0.374. The lowest BCUT2D eigenvalue weighted by Crippen LogP contribution is -2.17. The smallest absolute Gasteiger partial charge is 0.406 e. The highest BCUT2D eigenvalue weighted by Crippen LogP contribution is 2.23. The molecule has 1 aromatic rings. The summed E-state index contributed by atoms with van der Waals surface area (Å²) in [5.74, 6) is -0.280. The minimum absolute atomic E-state index is 0.261. The number of rotatable bonds is 5. The first kappa shape index (κ1) is 13.0. The monoisotopic (exact) mass is 246 g/mol. The van der Waals surface area contributed by atoms with Crippen molar-refractivity contribution in [1.82, 2.24) is 0 Å². The van der Waals surface area contributed by atoms with Gasteiger partial charge in [-0.25, -0.2) is 0 Å². The summed E-state index contributed by atoms with van der Waals surface area (Å²) in [5, 5.41) is 6.17. The number of alkyl halides is 3. The van der Waals surface area contributed by atoms with Gasteiger partial charge in [0.2, 0.25) is 0 Å². The molecule has 0 aromatic heterocycles. The van der Waals surface area contributed by atoms with E-state index < -0.39 is 6.36 Å². The van der Waals surface area contributed by atoms with Crippen molar-refractivity contribution < 1.29 is 17.9 Å². The predicted molar refractivity (Wildman–Crippen MR) is 55.6 cm³/mol. The average Bonchev–Trinajstić information content (AvgIpc) is 2.25. The number of nitrogens with one attached hydrogen (secondary N) is 1. The van der Waals surface area contributed by atoms with Crippen LogP contribution in [0.5, 0.6) is 5.75 Å². The number of azide groups is 1. The molecule has 0 saturated carbocycles. The second kappa shape index (κ2) is 5.86. The maximum absolute atomic E-state index is 11.8. The van der Waals surface area contributed by atoms with Crippen molar-refractivity contribution in [2.45, 2.75) is 6.36 Å². The van der Waals surface area contributed by atoms with Crippen LogP contribution in [0.25, 0.3) is 10.4 Å². The minimum Gasteiger partial charge on any atom is -0.406 e. The van der Waals surface area contributed by atoms with Crippen molar-refractivity contribution in [2.24, 2.45) is 5.11 Å². The Labute approximate surface area is 94.8 Å². The molecule has 0 radical (unpaired) electrons. The number of nitrogens with zero attached hydrogens (tertiary/aromatic N) is 3. The molecule has 0 heterocycles. The van der Waals surface area contributed by atoms with Crippen molar-refractivity contribution in [3.63, 3.8) is 0 Å². The van der Waals surface area contributed by atoms with Crippen LogP contribution in [-0.2, 0) is 0 Å². The number of benzene rings is 1. The topological polar surface area (TPSA) is 70.0 Å². The van der Waals surface area contributed by atoms with Gasteiger partial charge >= 0.3 is 6.36 Å². The van der Waals surface area contributed by atoms with Gasteiger partial charge in [-0.2, -0.15) is 0 Å². The summed E-state index contributed by atoms with van der Waals surface area (Å²) in [7, 11) is 0. The van der Waals surface area contributed by atoms with Crippen LogP contribution >= 0.6 is 0 Å². The highest BCUT2D eigenvalue weighted by Gasteiger charge is 2.30. The molecular weight excluding hydrogens is 237 g/mol. The highest BCUT2D eigenvalue weighted by atomic mass is 19.4. The molecule has 92 valence electrons. The van der Waals surface area contributed by atoms with Gasteiger partial charge < -0.3 is 10.1 Å². The van der Waals surface area contributed by atoms with E-state index >= 15 is 0 Å². The van der Waals surface area contributed by atoms with Crippen LogP contribution in [0.3, 0.4) is 0 Å². The van der Waals surface area contributed by atoms with Crippen molar-refractivity contribution in [3.05, 3.63) is 34.7 Å². The predicted octanol–water partition coefficient (Wildman–Crippen LogP) is 3.31. The van der Waals surface area contributed by atoms with Gasteiger partial charge in [0.05, 0.1) is 0 Å². The second-order valence-electron chi connectivity index (χ2n) is 2.95. The van der Waals surface area contributed by atoms with Gasteiger partial charge in [0.1, 0.15) is 5.75 Å². The summed E-state index contributed by atoms with van der Waals surface area (Å²) in [6, 6.07) is 5.28. The van der Waals surface area contributed by atoms with E-state index in [0.29, 0.717) is 12.2 Å². The molecule has 0 aliphatic heterocycles. The van der Waals surface area contributed by atoms with E-state index in [1.165, 1.54) is 24.3 Å². The van der Waals surface area contributed by atoms with Crippen LogP contribution in [-0.4, -0.2) is 19.5 Å². The van der Waals surface area contributed by atoms with Gasteiger partial charge in [-0.05, 0) is 29.8 Å². The number of halogens is 3. The highest BCUT2D eigenvalue weighted by molar-refractivity contribution is 5.46. The Morgan fingerprint density at radius 3 is 2.47 bits per heavy atom. The standard InChI is InChI=1S/C9H9F3N4O/c10-9(11,12)17-8-3-1-7(2-4-8)14-5-6-15-16-13/h1-4,14H,5-6H2. The van der Waals surface area contributed by atoms with E-state index in [1.54, 1.807) is 0 Å². The molecule has 0 spiro atoms. The van der Waals surface area contributed by atoms with Crippen LogP contribution in [0.1, 0.15) is 0 Å². The van der Waals surface area contributed by atoms with E-state index in [-0.39, 0.29) is 12.3 Å². The molecule has 5 nitrogen and oxygen atoms in total. The lowest BCUT2D eigenvalue weighted by atomic mass is 10.3. The third-order valence-corrected chi connectivity index (χ3v) is 1.69. The maximum Gasteiger partial charge on any atom is 0.573 e. The van der Waals surface area contributed by atoms with E-state index in [2.05, 4.69) is 20.1 Å². The summed E-state index contributed by atoms with van der Waals surface area (Å²) >= 11 is 0. The fraction of sp³-hybridized carbons (Fsp3) is 0.333. The average molecular weight is 246 g/mol. The molecule has 1 aromatic carbocycles. The molecular formula is C9H9F3N4O. The van der Waals surface area contributed by atoms with Crippen LogP contribution in [0.15, 0.2) is 29.4 Å². The summed E-state index contributed by atoms with van der Waals surface area (Å²) in [6.45, 7) is 0.667. The van der Waals surface area contributed by atoms with Gasteiger partial charge in [0, 0.05) is 23.7 Å². The van der Waals surface area contributed by atoms with Gasteiger partial charge in [0.25, 0.3) is 0 Å². The van der Waals surface area contributed by atoms with Gasteiger partial charge in [-0.15, -0.1) is 13.2 Å². The fourth-order valence-electron chi connectivity index (χ4n) is 1.07. The SMILES string of the molecule is [N-]=[N+]=NCCNc1ccc(OC(F)(F)F)cc1. The zero-order valence-electron chi connectivity index (χ0n) is 8.61. The molecule has 0 amide bonds. The molecule has 0 unspecified atom stereocenters. The Morgan fingerprint density at radius 2 is 1.94 bits per heavy atom. The van der Waals surface area contributed by atoms with Crippen molar-refractivity contribution in [3.8, 4) is 5.75 Å². The van der Waals surface area contributed by atoms with Crippen molar-refractivity contribution in [2.75, 3.05) is 18.4 Å². The lowest BCUT2D eigenvalue weighted by molar-refractivity contribution is -0.274. The Morgan fingerprint density at radius 1 is 1.29 bits per heavy atom. The molecule has 0 aliphatic rings. The van der Waals surface area contributed by atoms with Gasteiger partial charge in [-0.3, -0.25) is 0 Å². The summed E-state index contributed by atoms with van der Waals surface area (Å²) in [4.78, 5) is 2.56. The number of hydrogen-bond donors (Lipinski definition) is 1. The van der Waals surface area contributed by atoms with Crippen LogP contribution < -0.4 is 10.1 Å². The number of ether oxygens (including phenoxy) is 1. The summed E-state index contributed by atoms with van der Waals surface area (Å²) in [6.07, 6.45) is -4.68. The normalized spacial score (nSPS) is 10.5. The zero-order valence-corrected chi connectivity index (χ0v) is 8.61. The van der Waals surface area contributed by atoms with Crippen LogP contribution in [0.4, 0.5) is 18.9 Å². The maximum atomic E-state index is 11.8. The number of hydrogen-bond acceptors (Lipinski definition) is 3. The van der Waals surface area contributed by atoms with E-state index in [1.807, 2.05) is 0 Å². The summed E-state index contributed by atoms with van der Waals surface area (Å²) < 4.78 is 39.2. The molecule has 8 heteroatoms. The fourth-order valence-corrected chi connectivity index (χ4v) is 1.07. The molecule has 0 bridgehead atoms. The van der Waals surface area contributed by atoms with E-state index in [4.69, 9.17) is 5.53 Å². The Hall–Kier alpha value is -2.08. The van der Waals surface area contributed by atoms with Crippen LogP contribution in [0.2, 0.25) is 0 Å². The lowest BCUT2D eigenvalue weighted by Gasteiger charge is -2.09. The molecule has 17 heavy (non-hydrogen) atoms. The third-order valence-electron chi connectivity index (χ3n) is 1.69. The van der Waals surface area contributed by atoms with E-state index in [0.717, 1.165) is 0 Å². The third kappa shape index (κ3) is 5.53. The zero-order chi connectivity index (χ0) is 12.7. The Bertz CT molecular complexity index is 398. The first-order valence-corrected chi connectivity index (χ1v) is 4.62. The van der Waals surface area contributed by atoms with Crippen LogP contribution in [0, 0.1) is 0 Å². The molecule has 0 fully saturated rings. The Kier molecular flexibility index (Phi) is 4.47. The van der Waals surface area contributed by atoms with Crippen molar-refractivity contribution >= 4 is 5.69 Å². The Balaban J connectivity index is 2.47. The summed E-state index contributed by atoms with van der Waals surface area (Å²) in [5.41, 5.74) is 8.63. The molecule has 1 N–H and O–H groups in total.